The maximum atomic E-state index is 13.9. The summed E-state index contributed by atoms with van der Waals surface area (Å²) in [7, 11) is 0. The van der Waals surface area contributed by atoms with E-state index in [0.717, 1.165) is 5.56 Å². The Hall–Kier alpha value is -2.01. The summed E-state index contributed by atoms with van der Waals surface area (Å²) < 4.78 is 15.3. The van der Waals surface area contributed by atoms with Crippen LogP contribution in [0.3, 0.4) is 0 Å². The van der Waals surface area contributed by atoms with Crippen molar-refractivity contribution in [2.75, 3.05) is 0 Å². The first-order chi connectivity index (χ1) is 9.01. The van der Waals surface area contributed by atoms with Gasteiger partial charge in [0.25, 0.3) is 5.56 Å². The van der Waals surface area contributed by atoms with Gasteiger partial charge in [0.2, 0.25) is 0 Å². The highest BCUT2D eigenvalue weighted by Crippen LogP contribution is 2.11. The Bertz CT molecular complexity index is 664. The fourth-order valence-electron chi connectivity index (χ4n) is 1.97. The van der Waals surface area contributed by atoms with Gasteiger partial charge >= 0.3 is 0 Å². The van der Waals surface area contributed by atoms with Crippen LogP contribution in [0.2, 0.25) is 0 Å². The van der Waals surface area contributed by atoms with Gasteiger partial charge < -0.3 is 5.73 Å². The first-order valence-electron chi connectivity index (χ1n) is 6.03. The molecule has 100 valence electrons. The average Bonchev–Trinajstić information content (AvgIpc) is 2.35. The van der Waals surface area contributed by atoms with Crippen LogP contribution in [0.4, 0.5) is 4.39 Å². The van der Waals surface area contributed by atoms with Crippen LogP contribution in [0.1, 0.15) is 22.6 Å². The molecule has 1 aromatic heterocycles. The Labute approximate surface area is 110 Å². The van der Waals surface area contributed by atoms with Gasteiger partial charge in [0.15, 0.2) is 0 Å². The molecule has 2 N–H and O–H groups in total. The van der Waals surface area contributed by atoms with E-state index < -0.39 is 0 Å². The zero-order chi connectivity index (χ0) is 14.0. The van der Waals surface area contributed by atoms with Gasteiger partial charge in [-0.05, 0) is 25.5 Å². The van der Waals surface area contributed by atoms with Crippen LogP contribution in [-0.4, -0.2) is 9.55 Å². The summed E-state index contributed by atoms with van der Waals surface area (Å²) in [5, 5.41) is 0. The number of rotatable bonds is 3. The number of aromatic nitrogens is 2. The average molecular weight is 261 g/mol. The van der Waals surface area contributed by atoms with E-state index >= 15 is 0 Å². The molecule has 5 heteroatoms. The molecular formula is C14H16FN3O. The predicted octanol–water partition coefficient (Wildman–Crippen LogP) is 1.51. The highest BCUT2D eigenvalue weighted by Gasteiger charge is 2.08. The van der Waals surface area contributed by atoms with Crippen molar-refractivity contribution in [3.05, 3.63) is 63.1 Å². The summed E-state index contributed by atoms with van der Waals surface area (Å²) in [6.45, 7) is 3.97. The standard InChI is InChI=1S/C14H16FN3O/c1-9-5-14(19)18(10(2)17-9)8-12-4-3-11(7-16)6-13(12)15/h3-6H,7-8,16H2,1-2H3. The second-order valence-corrected chi connectivity index (χ2v) is 4.50. The molecule has 0 aliphatic heterocycles. The van der Waals surface area contributed by atoms with Crippen LogP contribution < -0.4 is 11.3 Å². The van der Waals surface area contributed by atoms with E-state index in [-0.39, 0.29) is 17.9 Å². The van der Waals surface area contributed by atoms with Crippen LogP contribution in [0.15, 0.2) is 29.1 Å². The number of halogens is 1. The molecule has 19 heavy (non-hydrogen) atoms. The molecule has 0 unspecified atom stereocenters. The third-order valence-electron chi connectivity index (χ3n) is 3.01. The van der Waals surface area contributed by atoms with Crippen LogP contribution in [0, 0.1) is 19.7 Å². The van der Waals surface area contributed by atoms with Crippen molar-refractivity contribution in [2.24, 2.45) is 5.73 Å². The summed E-state index contributed by atoms with van der Waals surface area (Å²) in [6, 6.07) is 6.26. The first-order valence-corrected chi connectivity index (χ1v) is 6.03. The van der Waals surface area contributed by atoms with Gasteiger partial charge in [0.1, 0.15) is 11.6 Å². The van der Waals surface area contributed by atoms with Gasteiger partial charge in [-0.3, -0.25) is 9.36 Å². The molecule has 0 fully saturated rings. The fourth-order valence-corrected chi connectivity index (χ4v) is 1.97. The zero-order valence-electron chi connectivity index (χ0n) is 11.0. The second-order valence-electron chi connectivity index (χ2n) is 4.50. The van der Waals surface area contributed by atoms with E-state index in [1.54, 1.807) is 26.0 Å². The second kappa shape index (κ2) is 5.32. The normalized spacial score (nSPS) is 10.7. The number of hydrogen-bond donors (Lipinski definition) is 1. The van der Waals surface area contributed by atoms with Gasteiger partial charge in [0, 0.05) is 23.9 Å². The van der Waals surface area contributed by atoms with E-state index in [4.69, 9.17) is 5.73 Å². The van der Waals surface area contributed by atoms with Crippen molar-refractivity contribution in [3.63, 3.8) is 0 Å². The molecule has 2 rings (SSSR count). The van der Waals surface area contributed by atoms with Crippen molar-refractivity contribution in [3.8, 4) is 0 Å². The lowest BCUT2D eigenvalue weighted by Gasteiger charge is -2.11. The van der Waals surface area contributed by atoms with Crippen molar-refractivity contribution in [2.45, 2.75) is 26.9 Å². The molecule has 0 radical (unpaired) electrons. The van der Waals surface area contributed by atoms with Crippen LogP contribution in [0.25, 0.3) is 0 Å². The number of benzene rings is 1. The van der Waals surface area contributed by atoms with Crippen LogP contribution in [-0.2, 0) is 13.1 Å². The minimum atomic E-state index is -0.352. The third-order valence-corrected chi connectivity index (χ3v) is 3.01. The molecule has 0 saturated heterocycles. The number of nitrogens with two attached hydrogens (primary N) is 1. The minimum absolute atomic E-state index is 0.174. The molecule has 0 aliphatic rings. The Morgan fingerprint density at radius 1 is 1.32 bits per heavy atom. The number of aryl methyl sites for hydroxylation is 2. The monoisotopic (exact) mass is 261 g/mol. The van der Waals surface area contributed by atoms with E-state index in [0.29, 0.717) is 23.6 Å². The topological polar surface area (TPSA) is 60.9 Å². The Morgan fingerprint density at radius 2 is 2.05 bits per heavy atom. The van der Waals surface area contributed by atoms with Crippen LogP contribution >= 0.6 is 0 Å². The lowest BCUT2D eigenvalue weighted by atomic mass is 10.1. The fraction of sp³-hybridized carbons (Fsp3) is 0.286. The zero-order valence-corrected chi connectivity index (χ0v) is 11.0. The summed E-state index contributed by atoms with van der Waals surface area (Å²) in [5.74, 6) is 0.224. The van der Waals surface area contributed by atoms with Crippen molar-refractivity contribution in [1.29, 1.82) is 0 Å². The molecular weight excluding hydrogens is 245 g/mol. The minimum Gasteiger partial charge on any atom is -0.326 e. The maximum Gasteiger partial charge on any atom is 0.254 e. The molecule has 0 spiro atoms. The summed E-state index contributed by atoms with van der Waals surface area (Å²) in [5.41, 5.74) is 7.13. The highest BCUT2D eigenvalue weighted by molar-refractivity contribution is 5.25. The molecule has 1 aromatic carbocycles. The lowest BCUT2D eigenvalue weighted by Crippen LogP contribution is -2.24. The summed E-state index contributed by atoms with van der Waals surface area (Å²) in [6.07, 6.45) is 0. The van der Waals surface area contributed by atoms with Crippen molar-refractivity contribution in [1.82, 2.24) is 9.55 Å². The van der Waals surface area contributed by atoms with E-state index in [2.05, 4.69) is 4.98 Å². The third kappa shape index (κ3) is 2.88. The number of nitrogens with zero attached hydrogens (tertiary/aromatic N) is 2. The molecule has 1 heterocycles. The Balaban J connectivity index is 2.39. The highest BCUT2D eigenvalue weighted by atomic mass is 19.1. The molecule has 0 aliphatic carbocycles. The predicted molar refractivity (Wildman–Crippen MR) is 71.4 cm³/mol. The molecule has 0 saturated carbocycles. The van der Waals surface area contributed by atoms with E-state index in [1.165, 1.54) is 16.7 Å². The molecule has 0 bridgehead atoms. The first kappa shape index (κ1) is 13.4. The number of hydrogen-bond acceptors (Lipinski definition) is 3. The van der Waals surface area contributed by atoms with E-state index in [1.807, 2.05) is 0 Å². The van der Waals surface area contributed by atoms with Gasteiger partial charge in [-0.25, -0.2) is 9.37 Å². The quantitative estimate of drug-likeness (QED) is 0.911. The molecule has 4 nitrogen and oxygen atoms in total. The molecule has 0 amide bonds. The van der Waals surface area contributed by atoms with Gasteiger partial charge in [-0.2, -0.15) is 0 Å². The van der Waals surface area contributed by atoms with Crippen molar-refractivity contribution < 1.29 is 4.39 Å². The van der Waals surface area contributed by atoms with Gasteiger partial charge in [0.05, 0.1) is 6.54 Å². The Kier molecular flexibility index (Phi) is 3.76. The molecule has 2 aromatic rings. The van der Waals surface area contributed by atoms with Crippen LogP contribution in [0.5, 0.6) is 0 Å². The smallest absolute Gasteiger partial charge is 0.254 e. The van der Waals surface area contributed by atoms with Gasteiger partial charge in [-0.15, -0.1) is 0 Å². The largest absolute Gasteiger partial charge is 0.326 e. The van der Waals surface area contributed by atoms with Gasteiger partial charge in [-0.1, -0.05) is 12.1 Å². The summed E-state index contributed by atoms with van der Waals surface area (Å²) >= 11 is 0. The molecule has 0 atom stereocenters. The summed E-state index contributed by atoms with van der Waals surface area (Å²) in [4.78, 5) is 16.1. The Morgan fingerprint density at radius 3 is 2.63 bits per heavy atom. The maximum absolute atomic E-state index is 13.9. The van der Waals surface area contributed by atoms with E-state index in [9.17, 15) is 9.18 Å². The van der Waals surface area contributed by atoms with Crippen molar-refractivity contribution >= 4 is 0 Å². The SMILES string of the molecule is Cc1cc(=O)n(Cc2ccc(CN)cc2F)c(C)n1. The lowest BCUT2D eigenvalue weighted by molar-refractivity contribution is 0.587.